The van der Waals surface area contributed by atoms with E-state index in [4.69, 9.17) is 4.74 Å². The molecule has 0 aromatic carbocycles. The van der Waals surface area contributed by atoms with Crippen molar-refractivity contribution >= 4 is 17.7 Å². The van der Waals surface area contributed by atoms with E-state index in [0.29, 0.717) is 19.1 Å². The smallest absolute Gasteiger partial charge is 0.307 e. The summed E-state index contributed by atoms with van der Waals surface area (Å²) in [5, 5.41) is 3.35. The van der Waals surface area contributed by atoms with Gasteiger partial charge in [0.15, 0.2) is 0 Å². The molecule has 3 nitrogen and oxygen atoms in total. The van der Waals surface area contributed by atoms with Gasteiger partial charge in [0.05, 0.1) is 13.0 Å². The zero-order valence-electron chi connectivity index (χ0n) is 9.50. The van der Waals surface area contributed by atoms with Gasteiger partial charge in [0.2, 0.25) is 0 Å². The molecule has 0 aromatic heterocycles. The summed E-state index contributed by atoms with van der Waals surface area (Å²) >= 11 is 1.80. The third-order valence-electron chi connectivity index (χ3n) is 1.76. The summed E-state index contributed by atoms with van der Waals surface area (Å²) in [6, 6.07) is 0.630. The Kier molecular flexibility index (Phi) is 7.99. The topological polar surface area (TPSA) is 38.3 Å². The molecule has 0 saturated carbocycles. The monoisotopic (exact) mass is 219 g/mol. The summed E-state index contributed by atoms with van der Waals surface area (Å²) in [6.45, 7) is 6.42. The zero-order chi connectivity index (χ0) is 11.0. The van der Waals surface area contributed by atoms with Crippen molar-refractivity contribution in [1.29, 1.82) is 0 Å². The molecule has 1 N–H and O–H groups in total. The maximum atomic E-state index is 11.1. The lowest BCUT2D eigenvalue weighted by Gasteiger charge is -2.18. The summed E-state index contributed by atoms with van der Waals surface area (Å²) in [7, 11) is 0. The Labute approximate surface area is 91.0 Å². The first-order chi connectivity index (χ1) is 6.60. The maximum Gasteiger partial charge on any atom is 0.307 e. The second kappa shape index (κ2) is 8.12. The van der Waals surface area contributed by atoms with E-state index in [1.165, 1.54) is 0 Å². The van der Waals surface area contributed by atoms with Crippen LogP contribution in [0.15, 0.2) is 0 Å². The van der Waals surface area contributed by atoms with Crippen LogP contribution in [0.1, 0.15) is 27.2 Å². The van der Waals surface area contributed by atoms with Gasteiger partial charge < -0.3 is 10.1 Å². The van der Waals surface area contributed by atoms with Crippen LogP contribution in [0.2, 0.25) is 0 Å². The lowest BCUT2D eigenvalue weighted by atomic mass is 10.2. The molecular formula is C10H21NO2S. The Bertz CT molecular complexity index is 164. The van der Waals surface area contributed by atoms with Gasteiger partial charge in [-0.25, -0.2) is 0 Å². The van der Waals surface area contributed by atoms with E-state index in [9.17, 15) is 4.79 Å². The van der Waals surface area contributed by atoms with Crippen LogP contribution in [-0.2, 0) is 9.53 Å². The molecule has 0 heterocycles. The van der Waals surface area contributed by atoms with Gasteiger partial charge in [-0.3, -0.25) is 4.79 Å². The van der Waals surface area contributed by atoms with Gasteiger partial charge in [0.25, 0.3) is 0 Å². The Hall–Kier alpha value is -0.220. The molecule has 84 valence electrons. The molecule has 0 amide bonds. The minimum absolute atomic E-state index is 0.121. The normalized spacial score (nSPS) is 14.9. The molecule has 4 heteroatoms. The van der Waals surface area contributed by atoms with Gasteiger partial charge in [-0.1, -0.05) is 0 Å². The molecule has 0 aliphatic carbocycles. The zero-order valence-corrected chi connectivity index (χ0v) is 10.3. The molecule has 0 aromatic rings. The van der Waals surface area contributed by atoms with E-state index in [-0.39, 0.29) is 12.0 Å². The minimum atomic E-state index is -0.121. The third kappa shape index (κ3) is 7.21. The minimum Gasteiger partial charge on any atom is -0.466 e. The molecule has 0 saturated heterocycles. The fourth-order valence-electron chi connectivity index (χ4n) is 1.31. The van der Waals surface area contributed by atoms with Crippen molar-refractivity contribution in [1.82, 2.24) is 5.32 Å². The maximum absolute atomic E-state index is 11.1. The molecule has 0 rings (SSSR count). The SMILES string of the molecule is CCOC(=O)CC(C)NC(C)CSC. The molecule has 0 radical (unpaired) electrons. The van der Waals surface area contributed by atoms with Crippen LogP contribution in [0.4, 0.5) is 0 Å². The van der Waals surface area contributed by atoms with Gasteiger partial charge >= 0.3 is 5.97 Å². The Balaban J connectivity index is 3.63. The number of hydrogen-bond donors (Lipinski definition) is 1. The summed E-state index contributed by atoms with van der Waals surface area (Å²) in [5.41, 5.74) is 0. The first-order valence-corrected chi connectivity index (χ1v) is 6.40. The summed E-state index contributed by atoms with van der Waals surface area (Å²) in [5.74, 6) is 0.941. The van der Waals surface area contributed by atoms with Crippen LogP contribution in [0.3, 0.4) is 0 Å². The number of thioether (sulfide) groups is 1. The number of carbonyl (C=O) groups is 1. The van der Waals surface area contributed by atoms with E-state index in [1.807, 2.05) is 13.8 Å². The molecule has 2 atom stereocenters. The van der Waals surface area contributed by atoms with Gasteiger partial charge in [-0.2, -0.15) is 11.8 Å². The quantitative estimate of drug-likeness (QED) is 0.661. The van der Waals surface area contributed by atoms with Crippen LogP contribution in [0.25, 0.3) is 0 Å². The van der Waals surface area contributed by atoms with E-state index in [2.05, 4.69) is 18.5 Å². The number of esters is 1. The van der Waals surface area contributed by atoms with Crippen LogP contribution in [-0.4, -0.2) is 36.7 Å². The highest BCUT2D eigenvalue weighted by atomic mass is 32.2. The van der Waals surface area contributed by atoms with Gasteiger partial charge in [0.1, 0.15) is 0 Å². The average Bonchev–Trinajstić information content (AvgIpc) is 2.03. The van der Waals surface area contributed by atoms with Crippen molar-refractivity contribution in [3.63, 3.8) is 0 Å². The molecule has 2 unspecified atom stereocenters. The fourth-order valence-corrected chi connectivity index (χ4v) is 1.91. The average molecular weight is 219 g/mol. The van der Waals surface area contributed by atoms with E-state index in [1.54, 1.807) is 11.8 Å². The second-order valence-electron chi connectivity index (χ2n) is 3.43. The highest BCUT2D eigenvalue weighted by Gasteiger charge is 2.11. The van der Waals surface area contributed by atoms with Crippen molar-refractivity contribution < 1.29 is 9.53 Å². The van der Waals surface area contributed by atoms with Gasteiger partial charge in [0, 0.05) is 17.8 Å². The molecule has 0 aliphatic rings. The molecule has 0 aliphatic heterocycles. The summed E-state index contributed by atoms with van der Waals surface area (Å²) in [4.78, 5) is 11.1. The number of hydrogen-bond acceptors (Lipinski definition) is 4. The number of nitrogens with one attached hydrogen (secondary N) is 1. The Morgan fingerprint density at radius 2 is 2.07 bits per heavy atom. The highest BCUT2D eigenvalue weighted by Crippen LogP contribution is 2.00. The first-order valence-electron chi connectivity index (χ1n) is 5.00. The molecule has 14 heavy (non-hydrogen) atoms. The van der Waals surface area contributed by atoms with E-state index >= 15 is 0 Å². The van der Waals surface area contributed by atoms with Crippen molar-refractivity contribution in [2.75, 3.05) is 18.6 Å². The lowest BCUT2D eigenvalue weighted by Crippen LogP contribution is -2.37. The predicted molar refractivity (Wildman–Crippen MR) is 61.7 cm³/mol. The van der Waals surface area contributed by atoms with Crippen LogP contribution < -0.4 is 5.32 Å². The van der Waals surface area contributed by atoms with E-state index < -0.39 is 0 Å². The predicted octanol–water partition coefficient (Wildman–Crippen LogP) is 1.67. The largest absolute Gasteiger partial charge is 0.466 e. The summed E-state index contributed by atoms with van der Waals surface area (Å²) < 4.78 is 4.87. The molecule has 0 bridgehead atoms. The second-order valence-corrected chi connectivity index (χ2v) is 4.34. The van der Waals surface area contributed by atoms with Crippen molar-refractivity contribution in [2.45, 2.75) is 39.3 Å². The van der Waals surface area contributed by atoms with E-state index in [0.717, 1.165) is 5.75 Å². The lowest BCUT2D eigenvalue weighted by molar-refractivity contribution is -0.143. The van der Waals surface area contributed by atoms with Crippen LogP contribution in [0, 0.1) is 0 Å². The fraction of sp³-hybridized carbons (Fsp3) is 0.900. The van der Waals surface area contributed by atoms with Gasteiger partial charge in [-0.15, -0.1) is 0 Å². The molecule has 0 spiro atoms. The van der Waals surface area contributed by atoms with Crippen molar-refractivity contribution in [3.8, 4) is 0 Å². The summed E-state index contributed by atoms with van der Waals surface area (Å²) in [6.07, 6.45) is 2.53. The van der Waals surface area contributed by atoms with Crippen LogP contribution in [0.5, 0.6) is 0 Å². The van der Waals surface area contributed by atoms with Crippen molar-refractivity contribution in [2.24, 2.45) is 0 Å². The van der Waals surface area contributed by atoms with Gasteiger partial charge in [-0.05, 0) is 27.0 Å². The molecular weight excluding hydrogens is 198 g/mol. The Morgan fingerprint density at radius 3 is 2.57 bits per heavy atom. The molecule has 0 fully saturated rings. The number of ether oxygens (including phenoxy) is 1. The Morgan fingerprint density at radius 1 is 1.43 bits per heavy atom. The van der Waals surface area contributed by atoms with Crippen molar-refractivity contribution in [3.05, 3.63) is 0 Å². The first kappa shape index (κ1) is 13.8. The number of rotatable bonds is 7. The van der Waals surface area contributed by atoms with Crippen LogP contribution >= 0.6 is 11.8 Å². The third-order valence-corrected chi connectivity index (χ3v) is 2.60. The standard InChI is InChI=1S/C10H21NO2S/c1-5-13-10(12)6-8(2)11-9(3)7-14-4/h8-9,11H,5-7H2,1-4H3. The highest BCUT2D eigenvalue weighted by molar-refractivity contribution is 7.98. The number of carbonyl (C=O) groups excluding carboxylic acids is 1.